The fraction of sp³-hybridized carbons (Fsp3) is 0.125. The van der Waals surface area contributed by atoms with Crippen molar-refractivity contribution in [2.24, 2.45) is 0 Å². The van der Waals surface area contributed by atoms with E-state index < -0.39 is 23.4 Å². The third kappa shape index (κ3) is 4.26. The van der Waals surface area contributed by atoms with Crippen molar-refractivity contribution in [3.63, 3.8) is 0 Å². The highest BCUT2D eigenvalue weighted by atomic mass is 19.1. The monoisotopic (exact) mass is 320 g/mol. The van der Waals surface area contributed by atoms with Crippen LogP contribution in [0.2, 0.25) is 0 Å². The summed E-state index contributed by atoms with van der Waals surface area (Å²) in [5, 5.41) is 14.4. The molecule has 0 aromatic heterocycles. The van der Waals surface area contributed by atoms with Crippen LogP contribution in [-0.2, 0) is 0 Å². The predicted octanol–water partition coefficient (Wildman–Crippen LogP) is 1.83. The van der Waals surface area contributed by atoms with E-state index in [-0.39, 0.29) is 30.0 Å². The van der Waals surface area contributed by atoms with Crippen LogP contribution in [0.5, 0.6) is 5.75 Å². The first-order chi connectivity index (χ1) is 11.0. The molecule has 7 heteroatoms. The number of hydrogen-bond donors (Lipinski definition) is 3. The van der Waals surface area contributed by atoms with E-state index in [1.54, 1.807) is 12.1 Å². The highest BCUT2D eigenvalue weighted by molar-refractivity contribution is 5.97. The van der Waals surface area contributed by atoms with Gasteiger partial charge in [-0.1, -0.05) is 12.1 Å². The summed E-state index contributed by atoms with van der Waals surface area (Å²) in [6.07, 6.45) is 0. The molecule has 0 bridgehead atoms. The van der Waals surface area contributed by atoms with Gasteiger partial charge in [-0.25, -0.2) is 8.78 Å². The first-order valence-corrected chi connectivity index (χ1v) is 6.78. The number of phenols is 1. The minimum atomic E-state index is -0.958. The molecule has 2 aromatic carbocycles. The molecular weight excluding hydrogens is 306 g/mol. The molecule has 23 heavy (non-hydrogen) atoms. The van der Waals surface area contributed by atoms with Gasteiger partial charge in [0.1, 0.15) is 17.4 Å². The van der Waals surface area contributed by atoms with Gasteiger partial charge in [0.2, 0.25) is 0 Å². The molecule has 0 fully saturated rings. The highest BCUT2D eigenvalue weighted by Crippen LogP contribution is 2.14. The summed E-state index contributed by atoms with van der Waals surface area (Å²) in [6, 6.07) is 8.68. The second-order valence-corrected chi connectivity index (χ2v) is 4.65. The van der Waals surface area contributed by atoms with Crippen LogP contribution in [-0.4, -0.2) is 30.0 Å². The zero-order chi connectivity index (χ0) is 16.8. The van der Waals surface area contributed by atoms with Crippen LogP contribution in [0.1, 0.15) is 20.7 Å². The van der Waals surface area contributed by atoms with Gasteiger partial charge in [-0.2, -0.15) is 0 Å². The Balaban J connectivity index is 1.82. The van der Waals surface area contributed by atoms with Crippen molar-refractivity contribution in [1.29, 1.82) is 0 Å². The van der Waals surface area contributed by atoms with E-state index in [9.17, 15) is 23.5 Å². The van der Waals surface area contributed by atoms with E-state index in [1.807, 2.05) is 0 Å². The van der Waals surface area contributed by atoms with Gasteiger partial charge in [-0.3, -0.25) is 9.59 Å². The Morgan fingerprint density at radius 1 is 0.913 bits per heavy atom. The third-order valence-electron chi connectivity index (χ3n) is 3.02. The number of rotatable bonds is 5. The molecule has 2 aromatic rings. The SMILES string of the molecule is O=C(NCCNC(=O)c1ccc(F)cc1F)c1ccccc1O. The van der Waals surface area contributed by atoms with Crippen molar-refractivity contribution >= 4 is 11.8 Å². The molecule has 5 nitrogen and oxygen atoms in total. The van der Waals surface area contributed by atoms with Crippen LogP contribution in [0.25, 0.3) is 0 Å². The number of halogens is 2. The van der Waals surface area contributed by atoms with Gasteiger partial charge in [0.25, 0.3) is 11.8 Å². The average molecular weight is 320 g/mol. The molecule has 2 amide bonds. The van der Waals surface area contributed by atoms with Crippen LogP contribution in [0.15, 0.2) is 42.5 Å². The molecular formula is C16H14F2N2O3. The van der Waals surface area contributed by atoms with Crippen LogP contribution >= 0.6 is 0 Å². The van der Waals surface area contributed by atoms with Crippen molar-refractivity contribution in [2.45, 2.75) is 0 Å². The average Bonchev–Trinajstić information content (AvgIpc) is 2.51. The minimum Gasteiger partial charge on any atom is -0.507 e. The number of aromatic hydroxyl groups is 1. The van der Waals surface area contributed by atoms with Crippen molar-refractivity contribution in [1.82, 2.24) is 10.6 Å². The predicted molar refractivity (Wildman–Crippen MR) is 79.1 cm³/mol. The summed E-state index contributed by atoms with van der Waals surface area (Å²) in [5.41, 5.74) is -0.165. The first kappa shape index (κ1) is 16.4. The van der Waals surface area contributed by atoms with Gasteiger partial charge < -0.3 is 15.7 Å². The maximum atomic E-state index is 13.4. The quantitative estimate of drug-likeness (QED) is 0.736. The molecule has 2 rings (SSSR count). The van der Waals surface area contributed by atoms with Crippen molar-refractivity contribution in [3.8, 4) is 5.75 Å². The maximum absolute atomic E-state index is 13.4. The minimum absolute atomic E-state index is 0.0506. The Morgan fingerprint density at radius 2 is 1.52 bits per heavy atom. The highest BCUT2D eigenvalue weighted by Gasteiger charge is 2.12. The van der Waals surface area contributed by atoms with Gasteiger partial charge in [0, 0.05) is 19.2 Å². The molecule has 0 aliphatic rings. The largest absolute Gasteiger partial charge is 0.507 e. The summed E-state index contributed by atoms with van der Waals surface area (Å²) in [6.45, 7) is 0.136. The lowest BCUT2D eigenvalue weighted by Crippen LogP contribution is -2.35. The van der Waals surface area contributed by atoms with Gasteiger partial charge in [0.05, 0.1) is 11.1 Å². The van der Waals surface area contributed by atoms with Gasteiger partial charge >= 0.3 is 0 Å². The molecule has 120 valence electrons. The number of phenolic OH excluding ortho intramolecular Hbond substituents is 1. The van der Waals surface area contributed by atoms with Crippen molar-refractivity contribution in [2.75, 3.05) is 13.1 Å². The fourth-order valence-corrected chi connectivity index (χ4v) is 1.88. The van der Waals surface area contributed by atoms with Gasteiger partial charge in [0.15, 0.2) is 0 Å². The van der Waals surface area contributed by atoms with E-state index in [4.69, 9.17) is 0 Å². The van der Waals surface area contributed by atoms with Crippen LogP contribution < -0.4 is 10.6 Å². The van der Waals surface area contributed by atoms with Crippen LogP contribution in [0.3, 0.4) is 0 Å². The number of carbonyl (C=O) groups is 2. The van der Waals surface area contributed by atoms with Gasteiger partial charge in [-0.15, -0.1) is 0 Å². The Bertz CT molecular complexity index is 735. The maximum Gasteiger partial charge on any atom is 0.255 e. The Morgan fingerprint density at radius 3 is 2.13 bits per heavy atom. The van der Waals surface area contributed by atoms with Crippen molar-refractivity contribution in [3.05, 3.63) is 65.2 Å². The molecule has 0 aliphatic heterocycles. The standard InChI is InChI=1S/C16H14F2N2O3/c17-10-5-6-11(13(18)9-10)15(22)19-7-8-20-16(23)12-3-1-2-4-14(12)21/h1-6,9,21H,7-8H2,(H,19,22)(H,20,23). The van der Waals surface area contributed by atoms with Crippen LogP contribution in [0.4, 0.5) is 8.78 Å². The lowest BCUT2D eigenvalue weighted by molar-refractivity contribution is 0.0924. The Hall–Kier alpha value is -2.96. The molecule has 0 atom stereocenters. The second-order valence-electron chi connectivity index (χ2n) is 4.65. The molecule has 0 heterocycles. The number of benzene rings is 2. The normalized spacial score (nSPS) is 10.2. The molecule has 3 N–H and O–H groups in total. The Labute approximate surface area is 130 Å². The first-order valence-electron chi connectivity index (χ1n) is 6.78. The molecule has 0 aliphatic carbocycles. The summed E-state index contributed by atoms with van der Waals surface area (Å²) >= 11 is 0. The van der Waals surface area contributed by atoms with E-state index in [1.165, 1.54) is 12.1 Å². The number of nitrogens with one attached hydrogen (secondary N) is 2. The number of para-hydroxylation sites is 1. The molecule has 0 unspecified atom stereocenters. The summed E-state index contributed by atoms with van der Waals surface area (Å²) in [7, 11) is 0. The van der Waals surface area contributed by atoms with E-state index in [0.717, 1.165) is 12.1 Å². The summed E-state index contributed by atoms with van der Waals surface area (Å²) in [4.78, 5) is 23.5. The zero-order valence-electron chi connectivity index (χ0n) is 12.0. The number of hydrogen-bond acceptors (Lipinski definition) is 3. The van der Waals surface area contributed by atoms with E-state index in [2.05, 4.69) is 10.6 Å². The number of amides is 2. The number of carbonyl (C=O) groups excluding carboxylic acids is 2. The topological polar surface area (TPSA) is 78.4 Å². The fourth-order valence-electron chi connectivity index (χ4n) is 1.88. The third-order valence-corrected chi connectivity index (χ3v) is 3.02. The smallest absolute Gasteiger partial charge is 0.255 e. The molecule has 0 spiro atoms. The summed E-state index contributed by atoms with van der Waals surface area (Å²) < 4.78 is 26.2. The molecule has 0 saturated heterocycles. The zero-order valence-corrected chi connectivity index (χ0v) is 12.0. The van der Waals surface area contributed by atoms with Crippen molar-refractivity contribution < 1.29 is 23.5 Å². The Kier molecular flexibility index (Phi) is 5.24. The molecule has 0 saturated carbocycles. The lowest BCUT2D eigenvalue weighted by Gasteiger charge is -2.08. The van der Waals surface area contributed by atoms with E-state index >= 15 is 0 Å². The summed E-state index contributed by atoms with van der Waals surface area (Å²) in [5.74, 6) is -3.08. The molecule has 0 radical (unpaired) electrons. The van der Waals surface area contributed by atoms with Gasteiger partial charge in [-0.05, 0) is 24.3 Å². The lowest BCUT2D eigenvalue weighted by atomic mass is 10.2. The second kappa shape index (κ2) is 7.35. The van der Waals surface area contributed by atoms with Crippen LogP contribution in [0, 0.1) is 11.6 Å². The van der Waals surface area contributed by atoms with E-state index in [0.29, 0.717) is 6.07 Å².